The van der Waals surface area contributed by atoms with E-state index in [1.165, 1.54) is 12.1 Å². The van der Waals surface area contributed by atoms with Crippen LogP contribution in [0.2, 0.25) is 0 Å². The Morgan fingerprint density at radius 1 is 1.27 bits per heavy atom. The van der Waals surface area contributed by atoms with Crippen molar-refractivity contribution in [3.8, 4) is 0 Å². The Labute approximate surface area is 128 Å². The first kappa shape index (κ1) is 14.9. The average molecular weight is 302 g/mol. The number of aromatic nitrogens is 1. The number of benzene rings is 1. The number of hydrogen-bond donors (Lipinski definition) is 0. The first-order chi connectivity index (χ1) is 10.4. The molecule has 3 rings (SSSR count). The van der Waals surface area contributed by atoms with E-state index in [4.69, 9.17) is 4.74 Å². The van der Waals surface area contributed by atoms with Crippen LogP contribution in [-0.2, 0) is 4.74 Å². The fourth-order valence-electron chi connectivity index (χ4n) is 2.97. The zero-order chi connectivity index (χ0) is 15.9. The lowest BCUT2D eigenvalue weighted by Crippen LogP contribution is -2.48. The fourth-order valence-corrected chi connectivity index (χ4v) is 2.97. The molecule has 1 aliphatic heterocycles. The first-order valence-corrected chi connectivity index (χ1v) is 7.45. The summed E-state index contributed by atoms with van der Waals surface area (Å²) in [5.74, 6) is -0.368. The number of rotatable bonds is 1. The van der Waals surface area contributed by atoms with Crippen molar-refractivity contribution in [1.82, 2.24) is 9.88 Å². The summed E-state index contributed by atoms with van der Waals surface area (Å²) in [5.41, 5.74) is 1.76. The van der Waals surface area contributed by atoms with Crippen molar-refractivity contribution in [2.45, 2.75) is 33.0 Å². The zero-order valence-corrected chi connectivity index (χ0v) is 13.0. The molecule has 1 saturated heterocycles. The molecule has 1 aromatic heterocycles. The molecule has 0 spiro atoms. The summed E-state index contributed by atoms with van der Waals surface area (Å²) in [6.07, 6.45) is 0.0473. The van der Waals surface area contributed by atoms with Crippen LogP contribution in [0.5, 0.6) is 0 Å². The second kappa shape index (κ2) is 5.65. The normalized spacial score (nSPS) is 22.1. The number of morpholine rings is 1. The van der Waals surface area contributed by atoms with Crippen LogP contribution < -0.4 is 0 Å². The summed E-state index contributed by atoms with van der Waals surface area (Å²) in [4.78, 5) is 19.0. The highest BCUT2D eigenvalue weighted by molar-refractivity contribution is 5.98. The molecule has 2 aromatic rings. The fraction of sp³-hybridized carbons (Fsp3) is 0.412. The van der Waals surface area contributed by atoms with Gasteiger partial charge >= 0.3 is 0 Å². The van der Waals surface area contributed by atoms with Crippen LogP contribution >= 0.6 is 0 Å². The van der Waals surface area contributed by atoms with E-state index < -0.39 is 0 Å². The van der Waals surface area contributed by atoms with Gasteiger partial charge < -0.3 is 9.64 Å². The molecule has 1 fully saturated rings. The van der Waals surface area contributed by atoms with Crippen molar-refractivity contribution >= 4 is 16.8 Å². The molecule has 5 heteroatoms. The number of carbonyl (C=O) groups excluding carboxylic acids is 1. The molecule has 0 bridgehead atoms. The topological polar surface area (TPSA) is 42.4 Å². The van der Waals surface area contributed by atoms with Gasteiger partial charge in [0.15, 0.2) is 0 Å². The minimum Gasteiger partial charge on any atom is -0.372 e. The van der Waals surface area contributed by atoms with E-state index in [9.17, 15) is 9.18 Å². The van der Waals surface area contributed by atoms with Crippen LogP contribution in [0.15, 0.2) is 24.3 Å². The second-order valence-electron chi connectivity index (χ2n) is 5.93. The number of ether oxygens (including phenoxy) is 1. The van der Waals surface area contributed by atoms with Gasteiger partial charge in [-0.25, -0.2) is 4.39 Å². The molecule has 1 aliphatic rings. The first-order valence-electron chi connectivity index (χ1n) is 7.45. The maximum absolute atomic E-state index is 13.3. The molecule has 2 unspecified atom stereocenters. The molecule has 1 amide bonds. The van der Waals surface area contributed by atoms with Gasteiger partial charge in [0.05, 0.1) is 29.0 Å². The van der Waals surface area contributed by atoms with Gasteiger partial charge in [0.1, 0.15) is 5.82 Å². The minimum atomic E-state index is -0.325. The lowest BCUT2D eigenvalue weighted by Gasteiger charge is -2.35. The summed E-state index contributed by atoms with van der Waals surface area (Å²) in [6, 6.07) is 6.21. The van der Waals surface area contributed by atoms with Crippen molar-refractivity contribution in [3.63, 3.8) is 0 Å². The van der Waals surface area contributed by atoms with Crippen LogP contribution in [0.4, 0.5) is 4.39 Å². The molecule has 22 heavy (non-hydrogen) atoms. The van der Waals surface area contributed by atoms with Crippen molar-refractivity contribution in [2.24, 2.45) is 0 Å². The van der Waals surface area contributed by atoms with E-state index in [-0.39, 0.29) is 23.9 Å². The number of fused-ring (bicyclic) bond motifs is 1. The number of hydrogen-bond acceptors (Lipinski definition) is 3. The smallest absolute Gasteiger partial charge is 0.255 e. The molecule has 2 heterocycles. The molecule has 116 valence electrons. The Kier molecular flexibility index (Phi) is 3.83. The number of pyridine rings is 1. The Morgan fingerprint density at radius 2 is 1.95 bits per heavy atom. The van der Waals surface area contributed by atoms with Gasteiger partial charge in [-0.1, -0.05) is 0 Å². The number of amides is 1. The Hall–Kier alpha value is -2.01. The van der Waals surface area contributed by atoms with E-state index in [0.29, 0.717) is 29.9 Å². The van der Waals surface area contributed by atoms with Crippen molar-refractivity contribution < 1.29 is 13.9 Å². The third-order valence-electron chi connectivity index (χ3n) is 3.91. The van der Waals surface area contributed by atoms with Crippen molar-refractivity contribution in [3.05, 3.63) is 41.3 Å². The van der Waals surface area contributed by atoms with Gasteiger partial charge in [-0.3, -0.25) is 9.78 Å². The van der Waals surface area contributed by atoms with Crippen molar-refractivity contribution in [2.75, 3.05) is 13.1 Å². The Balaban J connectivity index is 1.96. The molecule has 0 radical (unpaired) electrons. The molecule has 1 aromatic carbocycles. The lowest BCUT2D eigenvalue weighted by molar-refractivity contribution is -0.0586. The van der Waals surface area contributed by atoms with Gasteiger partial charge in [-0.05, 0) is 39.0 Å². The van der Waals surface area contributed by atoms with E-state index in [2.05, 4.69) is 4.98 Å². The standard InChI is InChI=1S/C17H19FN2O2/c1-10-8-20(9-11(2)22-10)17(21)15-6-13-4-5-14(18)7-16(13)19-12(15)3/h4-7,10-11H,8-9H2,1-3H3. The maximum Gasteiger partial charge on any atom is 0.255 e. The molecule has 0 aliphatic carbocycles. The van der Waals surface area contributed by atoms with E-state index >= 15 is 0 Å². The highest BCUT2D eigenvalue weighted by atomic mass is 19.1. The number of halogens is 1. The number of carbonyl (C=O) groups is 1. The van der Waals surface area contributed by atoms with Gasteiger partial charge in [0.25, 0.3) is 5.91 Å². The third kappa shape index (κ3) is 2.81. The SMILES string of the molecule is Cc1nc2cc(F)ccc2cc1C(=O)N1CC(C)OC(C)C1. The molecule has 0 saturated carbocycles. The van der Waals surface area contributed by atoms with Crippen LogP contribution in [-0.4, -0.2) is 41.1 Å². The predicted octanol–water partition coefficient (Wildman–Crippen LogP) is 2.93. The number of nitrogens with zero attached hydrogens (tertiary/aromatic N) is 2. The van der Waals surface area contributed by atoms with Gasteiger partial charge in [0, 0.05) is 24.5 Å². The third-order valence-corrected chi connectivity index (χ3v) is 3.91. The van der Waals surface area contributed by atoms with Crippen LogP contribution in [0.25, 0.3) is 10.9 Å². The second-order valence-corrected chi connectivity index (χ2v) is 5.93. The van der Waals surface area contributed by atoms with Crippen LogP contribution in [0.3, 0.4) is 0 Å². The molecular formula is C17H19FN2O2. The molecular weight excluding hydrogens is 283 g/mol. The van der Waals surface area contributed by atoms with Crippen LogP contribution in [0.1, 0.15) is 29.9 Å². The lowest BCUT2D eigenvalue weighted by atomic mass is 10.1. The minimum absolute atomic E-state index is 0.0236. The summed E-state index contributed by atoms with van der Waals surface area (Å²) in [5, 5.41) is 0.768. The number of aryl methyl sites for hydroxylation is 1. The van der Waals surface area contributed by atoms with Gasteiger partial charge in [-0.2, -0.15) is 0 Å². The summed E-state index contributed by atoms with van der Waals surface area (Å²) >= 11 is 0. The Bertz CT molecular complexity index is 722. The summed E-state index contributed by atoms with van der Waals surface area (Å²) in [7, 11) is 0. The predicted molar refractivity (Wildman–Crippen MR) is 82.4 cm³/mol. The zero-order valence-electron chi connectivity index (χ0n) is 13.0. The van der Waals surface area contributed by atoms with Gasteiger partial charge in [-0.15, -0.1) is 0 Å². The van der Waals surface area contributed by atoms with E-state index in [1.54, 1.807) is 24.0 Å². The summed E-state index contributed by atoms with van der Waals surface area (Å²) < 4.78 is 18.9. The molecule has 2 atom stereocenters. The summed E-state index contributed by atoms with van der Waals surface area (Å²) in [6.45, 7) is 6.85. The molecule has 4 nitrogen and oxygen atoms in total. The Morgan fingerprint density at radius 3 is 2.64 bits per heavy atom. The maximum atomic E-state index is 13.3. The average Bonchev–Trinajstić information content (AvgIpc) is 2.44. The monoisotopic (exact) mass is 302 g/mol. The van der Waals surface area contributed by atoms with Gasteiger partial charge in [0.2, 0.25) is 0 Å². The molecule has 0 N–H and O–H groups in total. The highest BCUT2D eigenvalue weighted by Gasteiger charge is 2.27. The van der Waals surface area contributed by atoms with Crippen LogP contribution in [0, 0.1) is 12.7 Å². The largest absolute Gasteiger partial charge is 0.372 e. The quantitative estimate of drug-likeness (QED) is 0.813. The van der Waals surface area contributed by atoms with Crippen molar-refractivity contribution in [1.29, 1.82) is 0 Å². The van der Waals surface area contributed by atoms with E-state index in [0.717, 1.165) is 5.39 Å². The highest BCUT2D eigenvalue weighted by Crippen LogP contribution is 2.21. The van der Waals surface area contributed by atoms with E-state index in [1.807, 2.05) is 13.8 Å².